The van der Waals surface area contributed by atoms with E-state index in [0.717, 1.165) is 24.0 Å². The molecule has 1 N–H and O–H groups in total. The van der Waals surface area contributed by atoms with Crippen molar-refractivity contribution in [2.45, 2.75) is 31.8 Å². The van der Waals surface area contributed by atoms with Crippen LogP contribution < -0.4 is 0 Å². The van der Waals surface area contributed by atoms with Crippen molar-refractivity contribution in [3.63, 3.8) is 0 Å². The molecule has 0 saturated heterocycles. The van der Waals surface area contributed by atoms with Crippen LogP contribution in [0, 0.1) is 0 Å². The van der Waals surface area contributed by atoms with Crippen LogP contribution in [0.5, 0.6) is 0 Å². The van der Waals surface area contributed by atoms with Gasteiger partial charge >= 0.3 is 5.97 Å². The molecule has 0 heterocycles. The van der Waals surface area contributed by atoms with E-state index in [-0.39, 0.29) is 12.5 Å². The fraction of sp³-hybridized carbons (Fsp3) is 0.316. The number of ether oxygens (including phenoxy) is 1. The zero-order valence-electron chi connectivity index (χ0n) is 12.9. The Morgan fingerprint density at radius 3 is 2.50 bits per heavy atom. The van der Waals surface area contributed by atoms with Crippen molar-refractivity contribution in [2.24, 2.45) is 0 Å². The van der Waals surface area contributed by atoms with Gasteiger partial charge in [-0.1, -0.05) is 54.6 Å². The van der Waals surface area contributed by atoms with Crippen molar-refractivity contribution in [3.8, 4) is 0 Å². The minimum absolute atomic E-state index is 0.0156. The van der Waals surface area contributed by atoms with E-state index in [4.69, 9.17) is 9.84 Å². The molecule has 22 heavy (non-hydrogen) atoms. The molecule has 0 aromatic heterocycles. The first-order chi connectivity index (χ1) is 10.7. The smallest absolute Gasteiger partial charge is 0.303 e. The van der Waals surface area contributed by atoms with Gasteiger partial charge in [-0.2, -0.15) is 0 Å². The SMILES string of the molecule is COC(Cc1ccccc1)c1cccc(CCCC(=O)O)c1. The molecule has 2 rings (SSSR count). The zero-order valence-corrected chi connectivity index (χ0v) is 12.9. The van der Waals surface area contributed by atoms with Crippen LogP contribution in [0.2, 0.25) is 0 Å². The molecule has 1 atom stereocenters. The summed E-state index contributed by atoms with van der Waals surface area (Å²) >= 11 is 0. The van der Waals surface area contributed by atoms with Crippen LogP contribution in [0.3, 0.4) is 0 Å². The molecule has 1 unspecified atom stereocenters. The topological polar surface area (TPSA) is 46.5 Å². The van der Waals surface area contributed by atoms with Gasteiger partial charge in [0.1, 0.15) is 0 Å². The molecule has 2 aromatic carbocycles. The third-order valence-electron chi connectivity index (χ3n) is 3.73. The van der Waals surface area contributed by atoms with Crippen molar-refractivity contribution in [1.29, 1.82) is 0 Å². The third kappa shape index (κ3) is 5.01. The number of carboxylic acid groups (broad SMARTS) is 1. The minimum atomic E-state index is -0.741. The van der Waals surface area contributed by atoms with Crippen molar-refractivity contribution >= 4 is 5.97 Å². The van der Waals surface area contributed by atoms with E-state index in [1.807, 2.05) is 30.3 Å². The van der Waals surface area contributed by atoms with Crippen LogP contribution in [0.1, 0.15) is 35.6 Å². The van der Waals surface area contributed by atoms with Gasteiger partial charge in [0.25, 0.3) is 0 Å². The summed E-state index contributed by atoms with van der Waals surface area (Å²) in [7, 11) is 1.73. The van der Waals surface area contributed by atoms with Crippen LogP contribution in [0.25, 0.3) is 0 Å². The second-order valence-corrected chi connectivity index (χ2v) is 5.41. The van der Waals surface area contributed by atoms with Crippen molar-refractivity contribution < 1.29 is 14.6 Å². The Morgan fingerprint density at radius 1 is 1.09 bits per heavy atom. The molecule has 3 nitrogen and oxygen atoms in total. The maximum absolute atomic E-state index is 10.6. The molecule has 0 aliphatic rings. The molecule has 0 saturated carbocycles. The first kappa shape index (κ1) is 16.2. The summed E-state index contributed by atoms with van der Waals surface area (Å²) in [6.07, 6.45) is 2.50. The fourth-order valence-corrected chi connectivity index (χ4v) is 2.56. The Bertz CT molecular complexity index is 593. The van der Waals surface area contributed by atoms with E-state index in [2.05, 4.69) is 24.3 Å². The Balaban J connectivity index is 2.04. The number of rotatable bonds is 8. The number of aryl methyl sites for hydroxylation is 1. The van der Waals surface area contributed by atoms with Crippen LogP contribution >= 0.6 is 0 Å². The van der Waals surface area contributed by atoms with E-state index in [1.165, 1.54) is 5.56 Å². The monoisotopic (exact) mass is 298 g/mol. The number of hydrogen-bond acceptors (Lipinski definition) is 2. The number of aliphatic carboxylic acids is 1. The summed E-state index contributed by atoms with van der Waals surface area (Å²) in [6.45, 7) is 0. The van der Waals surface area contributed by atoms with Crippen LogP contribution in [0.15, 0.2) is 54.6 Å². The first-order valence-corrected chi connectivity index (χ1v) is 7.56. The summed E-state index contributed by atoms with van der Waals surface area (Å²) in [5, 5.41) is 8.72. The quantitative estimate of drug-likeness (QED) is 0.800. The van der Waals surface area contributed by atoms with E-state index >= 15 is 0 Å². The number of carboxylic acids is 1. The second kappa shape index (κ2) is 8.35. The molecule has 0 spiro atoms. The normalized spacial score (nSPS) is 12.0. The predicted octanol–water partition coefficient (Wildman–Crippen LogP) is 4.02. The Hall–Kier alpha value is -2.13. The molecule has 0 aliphatic heterocycles. The van der Waals surface area contributed by atoms with Crippen molar-refractivity contribution in [1.82, 2.24) is 0 Å². The fourth-order valence-electron chi connectivity index (χ4n) is 2.56. The van der Waals surface area contributed by atoms with Gasteiger partial charge in [-0.15, -0.1) is 0 Å². The largest absolute Gasteiger partial charge is 0.481 e. The highest BCUT2D eigenvalue weighted by Crippen LogP contribution is 2.23. The van der Waals surface area contributed by atoms with Crippen LogP contribution in [-0.2, 0) is 22.4 Å². The van der Waals surface area contributed by atoms with Gasteiger partial charge in [0.2, 0.25) is 0 Å². The van der Waals surface area contributed by atoms with Gasteiger partial charge in [-0.05, 0) is 29.5 Å². The Labute approximate surface area is 131 Å². The van der Waals surface area contributed by atoms with Gasteiger partial charge in [0, 0.05) is 20.0 Å². The lowest BCUT2D eigenvalue weighted by Gasteiger charge is -2.17. The molecular weight excluding hydrogens is 276 g/mol. The summed E-state index contributed by atoms with van der Waals surface area (Å²) in [4.78, 5) is 10.6. The highest BCUT2D eigenvalue weighted by molar-refractivity contribution is 5.66. The van der Waals surface area contributed by atoms with Gasteiger partial charge in [-0.25, -0.2) is 0 Å². The third-order valence-corrected chi connectivity index (χ3v) is 3.73. The molecular formula is C19H22O3. The lowest BCUT2D eigenvalue weighted by atomic mass is 9.98. The van der Waals surface area contributed by atoms with E-state index in [0.29, 0.717) is 6.42 Å². The van der Waals surface area contributed by atoms with Crippen molar-refractivity contribution in [3.05, 3.63) is 71.3 Å². The number of benzene rings is 2. The Kier molecular flexibility index (Phi) is 6.16. The van der Waals surface area contributed by atoms with Gasteiger partial charge in [-0.3, -0.25) is 4.79 Å². The van der Waals surface area contributed by atoms with Gasteiger partial charge < -0.3 is 9.84 Å². The maximum Gasteiger partial charge on any atom is 0.303 e. The summed E-state index contributed by atoms with van der Waals surface area (Å²) in [5.41, 5.74) is 3.54. The average molecular weight is 298 g/mol. The summed E-state index contributed by atoms with van der Waals surface area (Å²) in [6, 6.07) is 18.5. The first-order valence-electron chi connectivity index (χ1n) is 7.56. The van der Waals surface area contributed by atoms with Crippen molar-refractivity contribution in [2.75, 3.05) is 7.11 Å². The lowest BCUT2D eigenvalue weighted by molar-refractivity contribution is -0.137. The molecule has 0 fully saturated rings. The number of hydrogen-bond donors (Lipinski definition) is 1. The highest BCUT2D eigenvalue weighted by atomic mass is 16.5. The van der Waals surface area contributed by atoms with E-state index in [1.54, 1.807) is 7.11 Å². The highest BCUT2D eigenvalue weighted by Gasteiger charge is 2.12. The lowest BCUT2D eigenvalue weighted by Crippen LogP contribution is -2.06. The summed E-state index contributed by atoms with van der Waals surface area (Å²) in [5.74, 6) is -0.741. The molecule has 2 aromatic rings. The van der Waals surface area contributed by atoms with Gasteiger partial charge in [0.05, 0.1) is 6.10 Å². The van der Waals surface area contributed by atoms with E-state index in [9.17, 15) is 4.79 Å². The standard InChI is InChI=1S/C19H22O3/c1-22-18(14-16-7-3-2-4-8-16)17-11-5-9-15(13-17)10-6-12-19(20)21/h2-5,7-9,11,13,18H,6,10,12,14H2,1H3,(H,20,21). The minimum Gasteiger partial charge on any atom is -0.481 e. The van der Waals surface area contributed by atoms with Crippen LogP contribution in [-0.4, -0.2) is 18.2 Å². The second-order valence-electron chi connectivity index (χ2n) is 5.41. The molecule has 0 amide bonds. The maximum atomic E-state index is 10.6. The molecule has 0 radical (unpaired) electrons. The summed E-state index contributed by atoms with van der Waals surface area (Å²) < 4.78 is 5.64. The number of methoxy groups -OCH3 is 1. The Morgan fingerprint density at radius 2 is 1.82 bits per heavy atom. The van der Waals surface area contributed by atoms with Gasteiger partial charge in [0.15, 0.2) is 0 Å². The zero-order chi connectivity index (χ0) is 15.8. The molecule has 3 heteroatoms. The number of carbonyl (C=O) groups is 1. The predicted molar refractivity (Wildman–Crippen MR) is 86.9 cm³/mol. The van der Waals surface area contributed by atoms with Crippen LogP contribution in [0.4, 0.5) is 0 Å². The molecule has 0 bridgehead atoms. The molecule has 116 valence electrons. The molecule has 0 aliphatic carbocycles. The average Bonchev–Trinajstić information content (AvgIpc) is 2.53. The van der Waals surface area contributed by atoms with E-state index < -0.39 is 5.97 Å².